The van der Waals surface area contributed by atoms with E-state index in [0.29, 0.717) is 5.41 Å². The van der Waals surface area contributed by atoms with Gasteiger partial charge >= 0.3 is 0 Å². The van der Waals surface area contributed by atoms with E-state index in [1.807, 2.05) is 0 Å². The van der Waals surface area contributed by atoms with Gasteiger partial charge in [-0.05, 0) is 55.1 Å². The molecule has 86 valence electrons. The van der Waals surface area contributed by atoms with Gasteiger partial charge in [0.25, 0.3) is 0 Å². The van der Waals surface area contributed by atoms with Crippen LogP contribution in [0.15, 0.2) is 12.1 Å². The van der Waals surface area contributed by atoms with E-state index < -0.39 is 0 Å². The van der Waals surface area contributed by atoms with Gasteiger partial charge in [0, 0.05) is 24.2 Å². The molecule has 1 atom stereocenters. The highest BCUT2D eigenvalue weighted by Gasteiger charge is 2.38. The zero-order chi connectivity index (χ0) is 11.3. The Labute approximate surface area is 97.4 Å². The van der Waals surface area contributed by atoms with Gasteiger partial charge in [-0.1, -0.05) is 6.92 Å². The number of nitrogens with two attached hydrogens (primary N) is 1. The summed E-state index contributed by atoms with van der Waals surface area (Å²) in [6.45, 7) is 4.67. The van der Waals surface area contributed by atoms with Crippen LogP contribution in [0.5, 0.6) is 0 Å². The fraction of sp³-hybridized carbons (Fsp3) is 0.571. The monoisotopic (exact) mass is 216 g/mol. The van der Waals surface area contributed by atoms with Gasteiger partial charge in [-0.25, -0.2) is 0 Å². The lowest BCUT2D eigenvalue weighted by Gasteiger charge is -2.44. The van der Waals surface area contributed by atoms with E-state index in [1.165, 1.54) is 36.9 Å². The predicted octanol–water partition coefficient (Wildman–Crippen LogP) is 2.31. The van der Waals surface area contributed by atoms with E-state index in [4.69, 9.17) is 5.73 Å². The summed E-state index contributed by atoms with van der Waals surface area (Å²) in [5, 5.41) is 0. The van der Waals surface area contributed by atoms with Crippen LogP contribution in [0.1, 0.15) is 36.5 Å². The molecule has 0 fully saturated rings. The topological polar surface area (TPSA) is 29.3 Å². The highest BCUT2D eigenvalue weighted by atomic mass is 15.1. The summed E-state index contributed by atoms with van der Waals surface area (Å²) in [5.41, 5.74) is 11.9. The summed E-state index contributed by atoms with van der Waals surface area (Å²) in [6.07, 6.45) is 3.84. The molecule has 1 aromatic carbocycles. The number of rotatable bonds is 0. The first-order chi connectivity index (χ1) is 7.58. The van der Waals surface area contributed by atoms with Crippen molar-refractivity contribution in [3.05, 3.63) is 28.8 Å². The van der Waals surface area contributed by atoms with Gasteiger partial charge in [0.05, 0.1) is 0 Å². The molecule has 0 aromatic heterocycles. The quantitative estimate of drug-likeness (QED) is 0.674. The molecule has 0 spiro atoms. The SMILES string of the molecule is CN1Cc2cc(N)cc3c2[C@@](C)(CCC3)C1. The smallest absolute Gasteiger partial charge is 0.0320 e. The fourth-order valence-corrected chi connectivity index (χ4v) is 3.79. The van der Waals surface area contributed by atoms with Crippen molar-refractivity contribution in [2.75, 3.05) is 19.3 Å². The van der Waals surface area contributed by atoms with Crippen molar-refractivity contribution in [2.24, 2.45) is 0 Å². The minimum absolute atomic E-state index is 0.365. The number of nitrogens with zero attached hydrogens (tertiary/aromatic N) is 1. The van der Waals surface area contributed by atoms with Crippen LogP contribution in [0, 0.1) is 0 Å². The zero-order valence-corrected chi connectivity index (χ0v) is 10.2. The summed E-state index contributed by atoms with van der Waals surface area (Å²) in [7, 11) is 2.21. The van der Waals surface area contributed by atoms with Gasteiger partial charge in [-0.15, -0.1) is 0 Å². The summed E-state index contributed by atoms with van der Waals surface area (Å²) < 4.78 is 0. The van der Waals surface area contributed by atoms with Crippen LogP contribution in [0.25, 0.3) is 0 Å². The van der Waals surface area contributed by atoms with E-state index in [2.05, 4.69) is 31.0 Å². The van der Waals surface area contributed by atoms with Crippen LogP contribution in [-0.2, 0) is 18.4 Å². The first-order valence-electron chi connectivity index (χ1n) is 6.19. The average molecular weight is 216 g/mol. The summed E-state index contributed by atoms with van der Waals surface area (Å²) in [6, 6.07) is 4.37. The van der Waals surface area contributed by atoms with Crippen molar-refractivity contribution in [2.45, 2.75) is 38.1 Å². The Bertz CT molecular complexity index is 439. The second-order valence-electron chi connectivity index (χ2n) is 5.80. The molecule has 1 aromatic rings. The normalized spacial score (nSPS) is 28.9. The molecule has 0 radical (unpaired) electrons. The Morgan fingerprint density at radius 1 is 1.31 bits per heavy atom. The van der Waals surface area contributed by atoms with E-state index in [1.54, 1.807) is 5.56 Å². The molecule has 1 aliphatic carbocycles. The van der Waals surface area contributed by atoms with Gasteiger partial charge in [0.1, 0.15) is 0 Å². The molecule has 0 unspecified atom stereocenters. The third-order valence-corrected chi connectivity index (χ3v) is 4.16. The highest BCUT2D eigenvalue weighted by Crippen LogP contribution is 2.43. The first kappa shape index (κ1) is 10.2. The van der Waals surface area contributed by atoms with Crippen molar-refractivity contribution >= 4 is 5.69 Å². The van der Waals surface area contributed by atoms with E-state index in [9.17, 15) is 0 Å². The summed E-state index contributed by atoms with van der Waals surface area (Å²) in [5.74, 6) is 0. The highest BCUT2D eigenvalue weighted by molar-refractivity contribution is 5.54. The molecule has 0 saturated carbocycles. The minimum Gasteiger partial charge on any atom is -0.399 e. The van der Waals surface area contributed by atoms with Crippen molar-refractivity contribution in [3.8, 4) is 0 Å². The molecular formula is C14H20N2. The Kier molecular flexibility index (Phi) is 2.05. The molecule has 0 saturated heterocycles. The predicted molar refractivity (Wildman–Crippen MR) is 67.5 cm³/mol. The Morgan fingerprint density at radius 3 is 2.88 bits per heavy atom. The minimum atomic E-state index is 0.365. The van der Waals surface area contributed by atoms with Gasteiger partial charge in [-0.3, -0.25) is 0 Å². The second kappa shape index (κ2) is 3.24. The number of likely N-dealkylation sites (N-methyl/N-ethyl adjacent to an activating group) is 1. The summed E-state index contributed by atoms with van der Waals surface area (Å²) in [4.78, 5) is 2.43. The van der Waals surface area contributed by atoms with Gasteiger partial charge in [-0.2, -0.15) is 0 Å². The van der Waals surface area contributed by atoms with Crippen molar-refractivity contribution < 1.29 is 0 Å². The molecule has 0 amide bonds. The standard InChI is InChI=1S/C14H20N2/c1-14-5-3-4-10-6-12(15)7-11(13(10)14)8-16(2)9-14/h6-7H,3-5,8-9,15H2,1-2H3/t14-/m0/s1. The van der Waals surface area contributed by atoms with Gasteiger partial charge in [0.2, 0.25) is 0 Å². The van der Waals surface area contributed by atoms with Crippen LogP contribution in [0.2, 0.25) is 0 Å². The van der Waals surface area contributed by atoms with Crippen molar-refractivity contribution in [1.29, 1.82) is 0 Å². The maximum atomic E-state index is 6.00. The molecule has 2 N–H and O–H groups in total. The number of aryl methyl sites for hydroxylation is 1. The lowest BCUT2D eigenvalue weighted by Crippen LogP contribution is -2.44. The lowest BCUT2D eigenvalue weighted by molar-refractivity contribution is 0.203. The number of anilines is 1. The summed E-state index contributed by atoms with van der Waals surface area (Å²) >= 11 is 0. The Hall–Kier alpha value is -1.02. The van der Waals surface area contributed by atoms with Gasteiger partial charge < -0.3 is 10.6 Å². The maximum Gasteiger partial charge on any atom is 0.0320 e. The average Bonchev–Trinajstić information content (AvgIpc) is 2.14. The lowest BCUT2D eigenvalue weighted by atomic mass is 9.67. The number of hydrogen-bond donors (Lipinski definition) is 1. The Morgan fingerprint density at radius 2 is 2.06 bits per heavy atom. The number of benzene rings is 1. The molecule has 0 bridgehead atoms. The van der Waals surface area contributed by atoms with Crippen LogP contribution in [0.4, 0.5) is 5.69 Å². The van der Waals surface area contributed by atoms with E-state index in [0.717, 1.165) is 12.2 Å². The molecule has 2 nitrogen and oxygen atoms in total. The van der Waals surface area contributed by atoms with Crippen LogP contribution in [-0.4, -0.2) is 18.5 Å². The molecule has 2 heteroatoms. The molecule has 1 aliphatic heterocycles. The molecule has 3 rings (SSSR count). The number of nitrogen functional groups attached to an aromatic ring is 1. The maximum absolute atomic E-state index is 6.00. The molecule has 16 heavy (non-hydrogen) atoms. The van der Waals surface area contributed by atoms with Crippen molar-refractivity contribution in [1.82, 2.24) is 4.90 Å². The van der Waals surface area contributed by atoms with Crippen LogP contribution >= 0.6 is 0 Å². The fourth-order valence-electron chi connectivity index (χ4n) is 3.79. The largest absolute Gasteiger partial charge is 0.399 e. The van der Waals surface area contributed by atoms with Crippen LogP contribution in [0.3, 0.4) is 0 Å². The van der Waals surface area contributed by atoms with Crippen LogP contribution < -0.4 is 5.73 Å². The van der Waals surface area contributed by atoms with Gasteiger partial charge in [0.15, 0.2) is 0 Å². The molecule has 2 aliphatic rings. The second-order valence-corrected chi connectivity index (χ2v) is 5.80. The van der Waals surface area contributed by atoms with E-state index in [-0.39, 0.29) is 0 Å². The molecule has 1 heterocycles. The van der Waals surface area contributed by atoms with Crippen molar-refractivity contribution in [3.63, 3.8) is 0 Å². The Balaban J connectivity index is 2.23. The third-order valence-electron chi connectivity index (χ3n) is 4.16. The van der Waals surface area contributed by atoms with E-state index >= 15 is 0 Å². The number of hydrogen-bond acceptors (Lipinski definition) is 2. The zero-order valence-electron chi connectivity index (χ0n) is 10.2. The third kappa shape index (κ3) is 1.36. The first-order valence-corrected chi connectivity index (χ1v) is 6.19. The molecular weight excluding hydrogens is 196 g/mol.